The topological polar surface area (TPSA) is 20.3 Å². The number of thioether (sulfide) groups is 1. The fourth-order valence-electron chi connectivity index (χ4n) is 1.93. The van der Waals surface area contributed by atoms with Gasteiger partial charge in [0, 0.05) is 12.2 Å². The van der Waals surface area contributed by atoms with Crippen LogP contribution in [0.15, 0.2) is 6.07 Å². The lowest BCUT2D eigenvalue weighted by atomic mass is 10.0. The van der Waals surface area contributed by atoms with E-state index >= 15 is 0 Å². The maximum atomic E-state index is 14.3. The van der Waals surface area contributed by atoms with Gasteiger partial charge in [0.1, 0.15) is 4.32 Å². The SMILES string of the molecule is Cc1cc(N2C(=O)CCSC2=S)c(F)c(C)c1C. The van der Waals surface area contributed by atoms with E-state index in [4.69, 9.17) is 12.2 Å². The van der Waals surface area contributed by atoms with Crippen LogP contribution in [0.5, 0.6) is 0 Å². The number of hydrogen-bond acceptors (Lipinski definition) is 3. The molecule has 1 saturated heterocycles. The maximum absolute atomic E-state index is 14.3. The number of benzene rings is 1. The van der Waals surface area contributed by atoms with Crippen molar-refractivity contribution in [2.75, 3.05) is 10.7 Å². The normalized spacial score (nSPS) is 16.3. The third kappa shape index (κ3) is 2.17. The highest BCUT2D eigenvalue weighted by Gasteiger charge is 2.28. The summed E-state index contributed by atoms with van der Waals surface area (Å²) in [6.45, 7) is 5.52. The lowest BCUT2D eigenvalue weighted by Crippen LogP contribution is -2.38. The van der Waals surface area contributed by atoms with Crippen LogP contribution < -0.4 is 4.90 Å². The Morgan fingerprint density at radius 1 is 1.33 bits per heavy atom. The maximum Gasteiger partial charge on any atom is 0.233 e. The number of carbonyl (C=O) groups excluding carboxylic acids is 1. The highest BCUT2D eigenvalue weighted by atomic mass is 32.2. The molecule has 1 aromatic rings. The Morgan fingerprint density at radius 2 is 2.00 bits per heavy atom. The number of amides is 1. The largest absolute Gasteiger partial charge is 0.274 e. The molecule has 18 heavy (non-hydrogen) atoms. The molecule has 0 N–H and O–H groups in total. The minimum Gasteiger partial charge on any atom is -0.274 e. The van der Waals surface area contributed by atoms with Crippen LogP contribution in [0, 0.1) is 26.6 Å². The molecule has 96 valence electrons. The van der Waals surface area contributed by atoms with E-state index < -0.39 is 0 Å². The van der Waals surface area contributed by atoms with Crippen LogP contribution in [-0.2, 0) is 4.79 Å². The summed E-state index contributed by atoms with van der Waals surface area (Å²) in [5, 5.41) is 0. The van der Waals surface area contributed by atoms with Crippen molar-refractivity contribution in [3.05, 3.63) is 28.6 Å². The van der Waals surface area contributed by atoms with Crippen molar-refractivity contribution < 1.29 is 9.18 Å². The summed E-state index contributed by atoms with van der Waals surface area (Å²) in [6.07, 6.45) is 0.399. The molecule has 2 rings (SSSR count). The zero-order valence-electron chi connectivity index (χ0n) is 10.5. The molecule has 0 radical (unpaired) electrons. The number of rotatable bonds is 1. The number of halogens is 1. The van der Waals surface area contributed by atoms with Gasteiger partial charge in [0.25, 0.3) is 0 Å². The van der Waals surface area contributed by atoms with Crippen LogP contribution in [0.1, 0.15) is 23.1 Å². The molecule has 2 nitrogen and oxygen atoms in total. The Bertz CT molecular complexity index is 526. The molecule has 0 bridgehead atoms. The summed E-state index contributed by atoms with van der Waals surface area (Å²) in [5.41, 5.74) is 2.75. The molecule has 1 aromatic carbocycles. The van der Waals surface area contributed by atoms with E-state index in [-0.39, 0.29) is 17.4 Å². The van der Waals surface area contributed by atoms with Gasteiger partial charge in [-0.3, -0.25) is 9.69 Å². The van der Waals surface area contributed by atoms with Gasteiger partial charge in [-0.2, -0.15) is 0 Å². The van der Waals surface area contributed by atoms with Crippen molar-refractivity contribution in [3.63, 3.8) is 0 Å². The minimum atomic E-state index is -0.351. The van der Waals surface area contributed by atoms with Crippen LogP contribution >= 0.6 is 24.0 Å². The van der Waals surface area contributed by atoms with Gasteiger partial charge in [-0.25, -0.2) is 4.39 Å². The zero-order chi connectivity index (χ0) is 13.4. The molecule has 1 amide bonds. The van der Waals surface area contributed by atoms with Gasteiger partial charge in [-0.05, 0) is 43.5 Å². The van der Waals surface area contributed by atoms with Gasteiger partial charge in [-0.1, -0.05) is 24.0 Å². The van der Waals surface area contributed by atoms with E-state index in [9.17, 15) is 9.18 Å². The summed E-state index contributed by atoms with van der Waals surface area (Å²) in [7, 11) is 0. The first-order chi connectivity index (χ1) is 8.43. The molecule has 0 aliphatic carbocycles. The summed E-state index contributed by atoms with van der Waals surface area (Å²) in [5.74, 6) is 0.205. The van der Waals surface area contributed by atoms with Gasteiger partial charge in [0.15, 0.2) is 5.82 Å². The van der Waals surface area contributed by atoms with Gasteiger partial charge in [-0.15, -0.1) is 0 Å². The van der Waals surface area contributed by atoms with Gasteiger partial charge < -0.3 is 0 Å². The van der Waals surface area contributed by atoms with Crippen molar-refractivity contribution in [1.82, 2.24) is 0 Å². The van der Waals surface area contributed by atoms with Crippen molar-refractivity contribution >= 4 is 39.9 Å². The van der Waals surface area contributed by atoms with Gasteiger partial charge in [0.2, 0.25) is 5.91 Å². The standard InChI is InChI=1S/C13H14FNOS2/c1-7-6-10(12(14)9(3)8(7)2)15-11(16)4-5-18-13(15)17/h6H,4-5H2,1-3H3. The predicted molar refractivity (Wildman–Crippen MR) is 77.8 cm³/mol. The van der Waals surface area contributed by atoms with E-state index in [0.29, 0.717) is 22.1 Å². The van der Waals surface area contributed by atoms with Crippen molar-refractivity contribution in [1.29, 1.82) is 0 Å². The lowest BCUT2D eigenvalue weighted by Gasteiger charge is -2.28. The summed E-state index contributed by atoms with van der Waals surface area (Å²) < 4.78 is 14.7. The van der Waals surface area contributed by atoms with E-state index in [2.05, 4.69) is 0 Å². The average molecular weight is 283 g/mol. The molecule has 1 aliphatic rings. The fraction of sp³-hybridized carbons (Fsp3) is 0.385. The molecule has 1 aliphatic heterocycles. The summed E-state index contributed by atoms with van der Waals surface area (Å²) in [4.78, 5) is 13.3. The Hall–Kier alpha value is -0.940. The smallest absolute Gasteiger partial charge is 0.233 e. The third-order valence-electron chi connectivity index (χ3n) is 3.28. The van der Waals surface area contributed by atoms with E-state index in [0.717, 1.165) is 11.1 Å². The van der Waals surface area contributed by atoms with Crippen LogP contribution in [-0.4, -0.2) is 16.0 Å². The lowest BCUT2D eigenvalue weighted by molar-refractivity contribution is -0.117. The summed E-state index contributed by atoms with van der Waals surface area (Å²) >= 11 is 6.59. The van der Waals surface area contributed by atoms with Crippen LogP contribution in [0.25, 0.3) is 0 Å². The zero-order valence-corrected chi connectivity index (χ0v) is 12.2. The van der Waals surface area contributed by atoms with Crippen LogP contribution in [0.4, 0.5) is 10.1 Å². The van der Waals surface area contributed by atoms with Crippen LogP contribution in [0.3, 0.4) is 0 Å². The Morgan fingerprint density at radius 3 is 2.61 bits per heavy atom. The first-order valence-corrected chi connectivity index (χ1v) is 7.09. The van der Waals surface area contributed by atoms with E-state index in [1.807, 2.05) is 13.8 Å². The van der Waals surface area contributed by atoms with Crippen molar-refractivity contribution in [2.24, 2.45) is 0 Å². The molecule has 0 atom stereocenters. The minimum absolute atomic E-state index is 0.125. The third-order valence-corrected chi connectivity index (χ3v) is 4.65. The predicted octanol–water partition coefficient (Wildman–Crippen LogP) is 3.51. The second-order valence-corrected chi connectivity index (χ2v) is 6.10. The second-order valence-electron chi connectivity index (χ2n) is 4.37. The molecule has 1 fully saturated rings. The monoisotopic (exact) mass is 283 g/mol. The highest BCUT2D eigenvalue weighted by molar-refractivity contribution is 8.23. The molecule has 0 aromatic heterocycles. The van der Waals surface area contributed by atoms with Gasteiger partial charge in [0.05, 0.1) is 5.69 Å². The van der Waals surface area contributed by atoms with Crippen LogP contribution in [0.2, 0.25) is 0 Å². The molecule has 0 spiro atoms. The summed E-state index contributed by atoms with van der Waals surface area (Å²) in [6, 6.07) is 1.70. The number of aryl methyl sites for hydroxylation is 1. The molecule has 5 heteroatoms. The second kappa shape index (κ2) is 4.97. The molecular weight excluding hydrogens is 269 g/mol. The Labute approximate surface area is 116 Å². The fourth-order valence-corrected chi connectivity index (χ4v) is 3.16. The Balaban J connectivity index is 2.57. The quantitative estimate of drug-likeness (QED) is 0.736. The van der Waals surface area contributed by atoms with E-state index in [1.165, 1.54) is 16.7 Å². The average Bonchev–Trinajstić information content (AvgIpc) is 2.32. The van der Waals surface area contributed by atoms with Crippen molar-refractivity contribution in [2.45, 2.75) is 27.2 Å². The molecule has 1 heterocycles. The van der Waals surface area contributed by atoms with Gasteiger partial charge >= 0.3 is 0 Å². The highest BCUT2D eigenvalue weighted by Crippen LogP contribution is 2.32. The molecule has 0 unspecified atom stereocenters. The molecule has 0 saturated carbocycles. The number of hydrogen-bond donors (Lipinski definition) is 0. The Kier molecular flexibility index (Phi) is 3.73. The van der Waals surface area contributed by atoms with E-state index in [1.54, 1.807) is 13.0 Å². The molecular formula is C13H14FNOS2. The first kappa shape index (κ1) is 13.5. The number of thiocarbonyl (C=S) groups is 1. The number of carbonyl (C=O) groups is 1. The number of anilines is 1. The first-order valence-electron chi connectivity index (χ1n) is 5.69. The van der Waals surface area contributed by atoms with Crippen molar-refractivity contribution in [3.8, 4) is 0 Å². The number of nitrogens with zero attached hydrogens (tertiary/aromatic N) is 1.